The van der Waals surface area contributed by atoms with E-state index in [9.17, 15) is 0 Å². The van der Waals surface area contributed by atoms with Gasteiger partial charge in [-0.05, 0) is 82.8 Å². The highest BCUT2D eigenvalue weighted by atomic mass is 31.1. The number of benzene rings is 2. The number of nitrogens with zero attached hydrogens (tertiary/aromatic N) is 1. The summed E-state index contributed by atoms with van der Waals surface area (Å²) in [5, 5.41) is 1.43. The molecule has 2 aromatic rings. The fraction of sp³-hybridized carbons (Fsp3) is 0.600. The molecule has 0 radical (unpaired) electrons. The second-order valence-electron chi connectivity index (χ2n) is 10.5. The first kappa shape index (κ1) is 28.7. The standard InChI is InChI=1S/C30H48NO2P/c1-12-23(8)25-17-22(7)18-26(28(25)33-19-32-11)30(10,13-2)34-29-24(9)15-14-16-27(29)31(20(3)4)21(5)6/h14-18,20-21,23,34H,12-13,19H2,1-11H3. The first-order valence-corrected chi connectivity index (χ1v) is 13.9. The van der Waals surface area contributed by atoms with Crippen molar-refractivity contribution in [2.75, 3.05) is 18.8 Å². The summed E-state index contributed by atoms with van der Waals surface area (Å²) in [5.41, 5.74) is 6.66. The summed E-state index contributed by atoms with van der Waals surface area (Å²) in [5.74, 6) is 1.46. The van der Waals surface area contributed by atoms with Crippen molar-refractivity contribution in [3.05, 3.63) is 52.6 Å². The van der Waals surface area contributed by atoms with Gasteiger partial charge in [-0.15, -0.1) is 0 Å². The maximum Gasteiger partial charge on any atom is 0.188 e. The molecule has 0 N–H and O–H groups in total. The van der Waals surface area contributed by atoms with Crippen LogP contribution >= 0.6 is 8.58 Å². The Balaban J connectivity index is 2.73. The Bertz CT molecular complexity index is 932. The molecule has 0 aliphatic heterocycles. The third-order valence-electron chi connectivity index (χ3n) is 7.07. The predicted molar refractivity (Wildman–Crippen MR) is 152 cm³/mol. The summed E-state index contributed by atoms with van der Waals surface area (Å²) in [6, 6.07) is 12.3. The molecule has 0 spiro atoms. The summed E-state index contributed by atoms with van der Waals surface area (Å²) < 4.78 is 11.7. The van der Waals surface area contributed by atoms with Gasteiger partial charge in [-0.3, -0.25) is 0 Å². The van der Waals surface area contributed by atoms with E-state index in [0.29, 0.717) is 26.6 Å². The van der Waals surface area contributed by atoms with Crippen LogP contribution in [0.1, 0.15) is 96.4 Å². The zero-order valence-corrected chi connectivity index (χ0v) is 24.5. The van der Waals surface area contributed by atoms with E-state index in [1.54, 1.807) is 7.11 Å². The predicted octanol–water partition coefficient (Wildman–Crippen LogP) is 8.05. The summed E-state index contributed by atoms with van der Waals surface area (Å²) in [7, 11) is 2.33. The Morgan fingerprint density at radius 3 is 2.18 bits per heavy atom. The summed E-state index contributed by atoms with van der Waals surface area (Å²) in [6.07, 6.45) is 2.12. The van der Waals surface area contributed by atoms with Gasteiger partial charge in [-0.25, -0.2) is 0 Å². The Morgan fingerprint density at radius 1 is 1.00 bits per heavy atom. The maximum atomic E-state index is 6.34. The van der Waals surface area contributed by atoms with Crippen molar-refractivity contribution in [2.24, 2.45) is 0 Å². The number of methoxy groups -OCH3 is 1. The molecule has 3 atom stereocenters. The van der Waals surface area contributed by atoms with Crippen molar-refractivity contribution in [2.45, 2.75) is 105 Å². The minimum atomic E-state index is -0.0439. The van der Waals surface area contributed by atoms with Gasteiger partial charge in [0, 0.05) is 35.6 Å². The monoisotopic (exact) mass is 485 g/mol. The van der Waals surface area contributed by atoms with E-state index < -0.39 is 0 Å². The first-order chi connectivity index (χ1) is 16.0. The number of rotatable bonds is 12. The van der Waals surface area contributed by atoms with Gasteiger partial charge < -0.3 is 14.4 Å². The number of ether oxygens (including phenoxy) is 2. The van der Waals surface area contributed by atoms with E-state index >= 15 is 0 Å². The molecule has 2 aromatic carbocycles. The van der Waals surface area contributed by atoms with Gasteiger partial charge in [0.1, 0.15) is 5.75 Å². The second-order valence-corrected chi connectivity index (χ2v) is 12.3. The van der Waals surface area contributed by atoms with Gasteiger partial charge in [-0.2, -0.15) is 0 Å². The molecule has 190 valence electrons. The smallest absolute Gasteiger partial charge is 0.188 e. The molecule has 0 aliphatic carbocycles. The van der Waals surface area contributed by atoms with Gasteiger partial charge in [0.15, 0.2) is 6.79 Å². The van der Waals surface area contributed by atoms with Crippen LogP contribution in [0, 0.1) is 13.8 Å². The third-order valence-corrected chi connectivity index (χ3v) is 9.15. The minimum Gasteiger partial charge on any atom is -0.467 e. The number of hydrogen-bond donors (Lipinski definition) is 0. The zero-order valence-electron chi connectivity index (χ0n) is 23.5. The minimum absolute atomic E-state index is 0.0439. The number of hydrogen-bond acceptors (Lipinski definition) is 3. The van der Waals surface area contributed by atoms with Crippen LogP contribution in [-0.4, -0.2) is 26.0 Å². The Hall–Kier alpha value is -1.57. The molecule has 0 amide bonds. The highest BCUT2D eigenvalue weighted by Crippen LogP contribution is 2.51. The highest BCUT2D eigenvalue weighted by molar-refractivity contribution is 7.49. The van der Waals surface area contributed by atoms with Crippen molar-refractivity contribution >= 4 is 19.6 Å². The van der Waals surface area contributed by atoms with Crippen molar-refractivity contribution < 1.29 is 9.47 Å². The number of anilines is 1. The Labute approximate surface area is 211 Å². The molecule has 0 fully saturated rings. The zero-order chi connectivity index (χ0) is 25.6. The van der Waals surface area contributed by atoms with Crippen LogP contribution < -0.4 is 14.9 Å². The van der Waals surface area contributed by atoms with Crippen LogP contribution in [0.25, 0.3) is 0 Å². The molecule has 0 saturated carbocycles. The molecule has 0 bridgehead atoms. The first-order valence-electron chi connectivity index (χ1n) is 12.9. The fourth-order valence-electron chi connectivity index (χ4n) is 4.88. The molecule has 2 rings (SSSR count). The Morgan fingerprint density at radius 2 is 1.65 bits per heavy atom. The van der Waals surface area contributed by atoms with E-state index in [1.807, 2.05) is 0 Å². The lowest BCUT2D eigenvalue weighted by Gasteiger charge is -2.38. The van der Waals surface area contributed by atoms with Gasteiger partial charge in [0.05, 0.1) is 0 Å². The molecular formula is C30H48NO2P. The largest absolute Gasteiger partial charge is 0.467 e. The molecule has 4 heteroatoms. The Kier molecular flexibility index (Phi) is 10.5. The van der Waals surface area contributed by atoms with Gasteiger partial charge >= 0.3 is 0 Å². The van der Waals surface area contributed by atoms with Crippen LogP contribution in [0.15, 0.2) is 30.3 Å². The van der Waals surface area contributed by atoms with Crippen molar-refractivity contribution in [1.82, 2.24) is 0 Å². The molecule has 0 saturated heterocycles. The SMILES string of the molecule is CCC(C)c1cc(C)cc(C(C)(CC)Pc2c(C)cccc2N(C(C)C)C(C)C)c1OCOC. The molecule has 0 aromatic heterocycles. The summed E-state index contributed by atoms with van der Waals surface area (Å²) >= 11 is 0. The van der Waals surface area contributed by atoms with E-state index in [2.05, 4.69) is 104 Å². The number of aryl methyl sites for hydroxylation is 2. The molecule has 0 aliphatic rings. The second kappa shape index (κ2) is 12.4. The van der Waals surface area contributed by atoms with Crippen LogP contribution in [0.3, 0.4) is 0 Å². The quantitative estimate of drug-likeness (QED) is 0.224. The molecule has 3 unspecified atom stereocenters. The molecule has 34 heavy (non-hydrogen) atoms. The van der Waals surface area contributed by atoms with E-state index in [0.717, 1.165) is 18.6 Å². The van der Waals surface area contributed by atoms with Gasteiger partial charge in [-0.1, -0.05) is 66.1 Å². The lowest BCUT2D eigenvalue weighted by atomic mass is 9.88. The highest BCUT2D eigenvalue weighted by Gasteiger charge is 2.33. The molecular weight excluding hydrogens is 437 g/mol. The van der Waals surface area contributed by atoms with Crippen molar-refractivity contribution in [3.63, 3.8) is 0 Å². The van der Waals surface area contributed by atoms with Gasteiger partial charge in [0.25, 0.3) is 0 Å². The van der Waals surface area contributed by atoms with Crippen LogP contribution in [-0.2, 0) is 9.89 Å². The van der Waals surface area contributed by atoms with Crippen molar-refractivity contribution in [3.8, 4) is 5.75 Å². The van der Waals surface area contributed by atoms with Crippen LogP contribution in [0.5, 0.6) is 5.75 Å². The molecule has 0 heterocycles. The normalized spacial score (nSPS) is 14.7. The fourth-order valence-corrected chi connectivity index (χ4v) is 6.55. The van der Waals surface area contributed by atoms with E-state index in [1.165, 1.54) is 33.2 Å². The summed E-state index contributed by atoms with van der Waals surface area (Å²) in [6.45, 7) is 23.2. The lowest BCUT2D eigenvalue weighted by Crippen LogP contribution is -2.40. The van der Waals surface area contributed by atoms with E-state index in [-0.39, 0.29) is 11.9 Å². The van der Waals surface area contributed by atoms with Crippen LogP contribution in [0.4, 0.5) is 5.69 Å². The topological polar surface area (TPSA) is 21.7 Å². The van der Waals surface area contributed by atoms with Crippen molar-refractivity contribution in [1.29, 1.82) is 0 Å². The van der Waals surface area contributed by atoms with Crippen LogP contribution in [0.2, 0.25) is 0 Å². The third kappa shape index (κ3) is 6.35. The average molecular weight is 486 g/mol. The molecule has 3 nitrogen and oxygen atoms in total. The summed E-state index contributed by atoms with van der Waals surface area (Å²) in [4.78, 5) is 2.56. The lowest BCUT2D eigenvalue weighted by molar-refractivity contribution is 0.0491. The van der Waals surface area contributed by atoms with E-state index in [4.69, 9.17) is 9.47 Å². The maximum absolute atomic E-state index is 6.34. The average Bonchev–Trinajstić information content (AvgIpc) is 2.78. The van der Waals surface area contributed by atoms with Gasteiger partial charge in [0.2, 0.25) is 0 Å².